The highest BCUT2D eigenvalue weighted by Gasteiger charge is 2.27. The molecule has 10 heteroatoms. The van der Waals surface area contributed by atoms with Crippen molar-refractivity contribution in [3.05, 3.63) is 84.4 Å². The number of rotatable bonds is 10. The SMILES string of the molecule is CCOc1ccc(S(=O)(=O)N(CC(=O)N[C@@H](C)c2ccc(S(C)(=O)=O)cc2)c2ccccc2)cc1. The average molecular weight is 517 g/mol. The number of carbonyl (C=O) groups is 1. The summed E-state index contributed by atoms with van der Waals surface area (Å²) >= 11 is 0. The number of nitrogens with zero attached hydrogens (tertiary/aromatic N) is 1. The zero-order valence-electron chi connectivity index (χ0n) is 19.7. The van der Waals surface area contributed by atoms with Crippen molar-refractivity contribution in [3.8, 4) is 5.75 Å². The number of amides is 1. The highest BCUT2D eigenvalue weighted by Crippen LogP contribution is 2.25. The van der Waals surface area contributed by atoms with Crippen LogP contribution in [0.4, 0.5) is 5.69 Å². The fourth-order valence-electron chi connectivity index (χ4n) is 3.42. The maximum Gasteiger partial charge on any atom is 0.264 e. The first-order chi connectivity index (χ1) is 16.5. The number of ether oxygens (including phenoxy) is 1. The maximum atomic E-state index is 13.5. The van der Waals surface area contributed by atoms with Crippen molar-refractivity contribution in [1.82, 2.24) is 5.32 Å². The number of hydrogen-bond donors (Lipinski definition) is 1. The number of para-hydroxylation sites is 1. The first-order valence-corrected chi connectivity index (χ1v) is 14.3. The van der Waals surface area contributed by atoms with Gasteiger partial charge in [-0.15, -0.1) is 0 Å². The lowest BCUT2D eigenvalue weighted by molar-refractivity contribution is -0.120. The van der Waals surface area contributed by atoms with Crippen LogP contribution in [0.3, 0.4) is 0 Å². The number of nitrogens with one attached hydrogen (secondary N) is 1. The lowest BCUT2D eigenvalue weighted by atomic mass is 10.1. The molecule has 0 spiro atoms. The van der Waals surface area contributed by atoms with E-state index >= 15 is 0 Å². The van der Waals surface area contributed by atoms with Crippen molar-refractivity contribution in [3.63, 3.8) is 0 Å². The van der Waals surface area contributed by atoms with E-state index in [0.29, 0.717) is 23.6 Å². The van der Waals surface area contributed by atoms with Crippen molar-refractivity contribution in [2.24, 2.45) is 0 Å². The Morgan fingerprint density at radius 3 is 2.00 bits per heavy atom. The van der Waals surface area contributed by atoms with Gasteiger partial charge in [-0.1, -0.05) is 30.3 Å². The van der Waals surface area contributed by atoms with Crippen molar-refractivity contribution in [1.29, 1.82) is 0 Å². The van der Waals surface area contributed by atoms with Crippen LogP contribution < -0.4 is 14.4 Å². The van der Waals surface area contributed by atoms with Crippen molar-refractivity contribution in [2.75, 3.05) is 23.7 Å². The molecule has 1 atom stereocenters. The molecule has 3 aromatic carbocycles. The Kier molecular flexibility index (Phi) is 8.18. The maximum absolute atomic E-state index is 13.5. The Balaban J connectivity index is 1.82. The molecule has 3 rings (SSSR count). The first kappa shape index (κ1) is 26.2. The highest BCUT2D eigenvalue weighted by atomic mass is 32.2. The molecule has 0 unspecified atom stereocenters. The second-order valence-electron chi connectivity index (χ2n) is 7.88. The van der Waals surface area contributed by atoms with Crippen LogP contribution in [-0.4, -0.2) is 42.2 Å². The lowest BCUT2D eigenvalue weighted by Crippen LogP contribution is -2.41. The summed E-state index contributed by atoms with van der Waals surface area (Å²) in [6.07, 6.45) is 1.12. The van der Waals surface area contributed by atoms with E-state index in [2.05, 4.69) is 5.32 Å². The van der Waals surface area contributed by atoms with Crippen LogP contribution in [0.15, 0.2) is 88.7 Å². The number of sulfonamides is 1. The molecule has 0 saturated heterocycles. The van der Waals surface area contributed by atoms with Crippen LogP contribution in [0.25, 0.3) is 0 Å². The molecule has 0 radical (unpaired) electrons. The summed E-state index contributed by atoms with van der Waals surface area (Å²) in [5.74, 6) is 0.0363. The summed E-state index contributed by atoms with van der Waals surface area (Å²) in [5.41, 5.74) is 1.04. The molecule has 0 bridgehead atoms. The smallest absolute Gasteiger partial charge is 0.264 e. The summed E-state index contributed by atoms with van der Waals surface area (Å²) in [7, 11) is -7.39. The minimum absolute atomic E-state index is 0.0296. The number of benzene rings is 3. The topological polar surface area (TPSA) is 110 Å². The molecular weight excluding hydrogens is 488 g/mol. The second kappa shape index (κ2) is 10.9. The van der Waals surface area contributed by atoms with Crippen LogP contribution in [0.1, 0.15) is 25.5 Å². The van der Waals surface area contributed by atoms with Gasteiger partial charge in [-0.2, -0.15) is 0 Å². The van der Waals surface area contributed by atoms with E-state index in [0.717, 1.165) is 10.6 Å². The molecule has 0 aliphatic heterocycles. The predicted octanol–water partition coefficient (Wildman–Crippen LogP) is 3.56. The van der Waals surface area contributed by atoms with Crippen LogP contribution in [0.2, 0.25) is 0 Å². The molecule has 35 heavy (non-hydrogen) atoms. The van der Waals surface area contributed by atoms with Crippen LogP contribution in [0, 0.1) is 0 Å². The van der Waals surface area contributed by atoms with Gasteiger partial charge in [0.25, 0.3) is 10.0 Å². The molecule has 1 N–H and O–H groups in total. The minimum Gasteiger partial charge on any atom is -0.494 e. The Bertz CT molecular complexity index is 1360. The standard InChI is InChI=1S/C25H28N2O6S2/c1-4-33-22-12-16-24(17-13-22)35(31,32)27(21-8-6-5-7-9-21)18-25(28)26-19(2)20-10-14-23(15-11-20)34(3,29)30/h5-17,19H,4,18H2,1-3H3,(H,26,28)/t19-/m0/s1. The third-order valence-corrected chi connectivity index (χ3v) is 8.16. The Hall–Kier alpha value is -3.37. The molecule has 0 heterocycles. The van der Waals surface area contributed by atoms with Crippen molar-refractivity contribution >= 4 is 31.5 Å². The van der Waals surface area contributed by atoms with Crippen molar-refractivity contribution < 1.29 is 26.4 Å². The molecule has 3 aromatic rings. The summed E-state index contributed by atoms with van der Waals surface area (Å²) in [6.45, 7) is 3.59. The molecule has 186 valence electrons. The van der Waals surface area contributed by atoms with E-state index in [4.69, 9.17) is 4.74 Å². The number of sulfone groups is 1. The first-order valence-electron chi connectivity index (χ1n) is 10.9. The van der Waals surface area contributed by atoms with Crippen LogP contribution >= 0.6 is 0 Å². The van der Waals surface area contributed by atoms with Gasteiger partial charge in [-0.25, -0.2) is 16.8 Å². The molecule has 1 amide bonds. The van der Waals surface area contributed by atoms with Gasteiger partial charge in [0.1, 0.15) is 12.3 Å². The molecule has 0 aliphatic carbocycles. The van der Waals surface area contributed by atoms with Gasteiger partial charge in [0.2, 0.25) is 5.91 Å². The summed E-state index contributed by atoms with van der Waals surface area (Å²) < 4.78 is 56.7. The summed E-state index contributed by atoms with van der Waals surface area (Å²) in [4.78, 5) is 13.1. The van der Waals surface area contributed by atoms with Crippen LogP contribution in [0.5, 0.6) is 5.75 Å². The zero-order valence-corrected chi connectivity index (χ0v) is 21.3. The Morgan fingerprint density at radius 2 is 1.46 bits per heavy atom. The summed E-state index contributed by atoms with van der Waals surface area (Å²) in [5, 5.41) is 2.79. The summed E-state index contributed by atoms with van der Waals surface area (Å²) in [6, 6.07) is 20.1. The number of hydrogen-bond acceptors (Lipinski definition) is 6. The van der Waals surface area contributed by atoms with Crippen molar-refractivity contribution in [2.45, 2.75) is 29.7 Å². The number of carbonyl (C=O) groups excluding carboxylic acids is 1. The molecular formula is C25H28N2O6S2. The fourth-order valence-corrected chi connectivity index (χ4v) is 5.47. The van der Waals surface area contributed by atoms with Gasteiger partial charge in [-0.3, -0.25) is 9.10 Å². The molecule has 0 aliphatic rings. The third-order valence-electron chi connectivity index (χ3n) is 5.24. The molecule has 0 aromatic heterocycles. The van der Waals surface area contributed by atoms with E-state index in [1.807, 2.05) is 6.92 Å². The van der Waals surface area contributed by atoms with Gasteiger partial charge in [-0.05, 0) is 67.9 Å². The Labute approximate surface area is 206 Å². The van der Waals surface area contributed by atoms with Gasteiger partial charge >= 0.3 is 0 Å². The Morgan fingerprint density at radius 1 is 0.886 bits per heavy atom. The minimum atomic E-state index is -4.05. The molecule has 0 fully saturated rings. The second-order valence-corrected chi connectivity index (χ2v) is 11.8. The highest BCUT2D eigenvalue weighted by molar-refractivity contribution is 7.93. The van der Waals surface area contributed by atoms with Gasteiger partial charge in [0, 0.05) is 6.26 Å². The zero-order chi connectivity index (χ0) is 25.6. The van der Waals surface area contributed by atoms with Gasteiger partial charge in [0.15, 0.2) is 9.84 Å². The van der Waals surface area contributed by atoms with E-state index < -0.39 is 38.4 Å². The predicted molar refractivity (Wildman–Crippen MR) is 135 cm³/mol. The average Bonchev–Trinajstić information content (AvgIpc) is 2.83. The van der Waals surface area contributed by atoms with Gasteiger partial charge in [0.05, 0.1) is 28.1 Å². The number of anilines is 1. The third kappa shape index (κ3) is 6.61. The fraction of sp³-hybridized carbons (Fsp3) is 0.240. The van der Waals surface area contributed by atoms with Gasteiger partial charge < -0.3 is 10.1 Å². The largest absolute Gasteiger partial charge is 0.494 e. The molecule has 8 nitrogen and oxygen atoms in total. The van der Waals surface area contributed by atoms with Crippen LogP contribution in [-0.2, 0) is 24.7 Å². The van der Waals surface area contributed by atoms with E-state index in [1.54, 1.807) is 61.5 Å². The van der Waals surface area contributed by atoms with E-state index in [9.17, 15) is 21.6 Å². The van der Waals surface area contributed by atoms with E-state index in [-0.39, 0.29) is 9.79 Å². The monoisotopic (exact) mass is 516 g/mol. The lowest BCUT2D eigenvalue weighted by Gasteiger charge is -2.25. The normalized spacial score (nSPS) is 12.5. The van der Waals surface area contributed by atoms with E-state index in [1.165, 1.54) is 24.3 Å². The molecule has 0 saturated carbocycles. The quantitative estimate of drug-likeness (QED) is 0.441.